The Morgan fingerprint density at radius 2 is 1.71 bits per heavy atom. The monoisotopic (exact) mass is 272 g/mol. The summed E-state index contributed by atoms with van der Waals surface area (Å²) in [5.41, 5.74) is 7.55. The van der Waals surface area contributed by atoms with Crippen LogP contribution in [-0.2, 0) is 6.18 Å². The SMILES string of the molecule is Nc1cc(Br)c(F)c(C(F)(F)F)c1N. The van der Waals surface area contributed by atoms with Gasteiger partial charge in [-0.2, -0.15) is 13.2 Å². The van der Waals surface area contributed by atoms with Gasteiger partial charge >= 0.3 is 6.18 Å². The van der Waals surface area contributed by atoms with Gasteiger partial charge in [-0.15, -0.1) is 0 Å². The summed E-state index contributed by atoms with van der Waals surface area (Å²) in [6, 6.07) is 0.986. The molecule has 0 saturated carbocycles. The van der Waals surface area contributed by atoms with E-state index in [0.717, 1.165) is 6.07 Å². The van der Waals surface area contributed by atoms with Gasteiger partial charge < -0.3 is 11.5 Å². The van der Waals surface area contributed by atoms with E-state index in [1.807, 2.05) is 0 Å². The lowest BCUT2D eigenvalue weighted by atomic mass is 10.1. The first kappa shape index (κ1) is 11.1. The number of halogens is 5. The number of nitrogens with two attached hydrogens (primary N) is 2. The second-order valence-corrected chi connectivity index (χ2v) is 3.40. The molecule has 0 amide bonds. The van der Waals surface area contributed by atoms with E-state index in [1.165, 1.54) is 0 Å². The van der Waals surface area contributed by atoms with Crippen molar-refractivity contribution in [3.63, 3.8) is 0 Å². The van der Waals surface area contributed by atoms with Gasteiger partial charge in [0.2, 0.25) is 0 Å². The first-order valence-electron chi connectivity index (χ1n) is 3.35. The van der Waals surface area contributed by atoms with Gasteiger partial charge in [0.25, 0.3) is 0 Å². The molecular formula is C7H5BrF4N2. The molecule has 1 rings (SSSR count). The summed E-state index contributed by atoms with van der Waals surface area (Å²) in [4.78, 5) is 0. The minimum absolute atomic E-state index is 0.314. The Kier molecular flexibility index (Phi) is 2.62. The highest BCUT2D eigenvalue weighted by Crippen LogP contribution is 2.40. The molecule has 0 heterocycles. The van der Waals surface area contributed by atoms with Crippen molar-refractivity contribution in [2.45, 2.75) is 6.18 Å². The zero-order chi connectivity index (χ0) is 11.1. The maximum Gasteiger partial charge on any atom is 0.421 e. The molecule has 0 aliphatic heterocycles. The zero-order valence-electron chi connectivity index (χ0n) is 6.62. The summed E-state index contributed by atoms with van der Waals surface area (Å²) in [6.45, 7) is 0. The van der Waals surface area contributed by atoms with Crippen LogP contribution in [0, 0.1) is 5.82 Å². The van der Waals surface area contributed by atoms with Crippen LogP contribution in [0.3, 0.4) is 0 Å². The highest BCUT2D eigenvalue weighted by atomic mass is 79.9. The molecule has 0 atom stereocenters. The molecule has 0 radical (unpaired) electrons. The largest absolute Gasteiger partial charge is 0.421 e. The molecule has 4 N–H and O–H groups in total. The van der Waals surface area contributed by atoms with E-state index in [2.05, 4.69) is 15.9 Å². The lowest BCUT2D eigenvalue weighted by Crippen LogP contribution is -2.14. The summed E-state index contributed by atoms with van der Waals surface area (Å²) < 4.78 is 49.5. The van der Waals surface area contributed by atoms with Crippen molar-refractivity contribution >= 4 is 27.3 Å². The van der Waals surface area contributed by atoms with Crippen LogP contribution in [0.5, 0.6) is 0 Å². The number of hydrogen-bond acceptors (Lipinski definition) is 2. The van der Waals surface area contributed by atoms with E-state index >= 15 is 0 Å². The molecule has 1 aromatic rings. The first-order valence-corrected chi connectivity index (χ1v) is 4.14. The Bertz CT molecular complexity index is 349. The van der Waals surface area contributed by atoms with Crippen LogP contribution in [0.15, 0.2) is 10.5 Å². The lowest BCUT2D eigenvalue weighted by Gasteiger charge is -2.13. The molecule has 7 heteroatoms. The quantitative estimate of drug-likeness (QED) is 0.564. The Morgan fingerprint density at radius 3 is 2.14 bits per heavy atom. The fourth-order valence-electron chi connectivity index (χ4n) is 0.937. The number of rotatable bonds is 0. The highest BCUT2D eigenvalue weighted by Gasteiger charge is 2.38. The van der Waals surface area contributed by atoms with Gasteiger partial charge in [0.05, 0.1) is 15.8 Å². The van der Waals surface area contributed by atoms with Crippen molar-refractivity contribution in [3.05, 3.63) is 21.9 Å². The molecule has 78 valence electrons. The van der Waals surface area contributed by atoms with Gasteiger partial charge in [-0.3, -0.25) is 0 Å². The third-order valence-corrected chi connectivity index (χ3v) is 2.15. The standard InChI is InChI=1S/C7H5BrF4N2/c8-2-1-3(13)6(14)4(5(2)9)7(10,11)12/h1H,13-14H2. The molecule has 0 fully saturated rings. The third kappa shape index (κ3) is 1.77. The average molecular weight is 273 g/mol. The van der Waals surface area contributed by atoms with Gasteiger partial charge in [-0.25, -0.2) is 4.39 Å². The van der Waals surface area contributed by atoms with Crippen LogP contribution in [-0.4, -0.2) is 0 Å². The number of hydrogen-bond donors (Lipinski definition) is 2. The predicted molar refractivity (Wildman–Crippen MR) is 47.9 cm³/mol. The summed E-state index contributed by atoms with van der Waals surface area (Å²) in [7, 11) is 0. The summed E-state index contributed by atoms with van der Waals surface area (Å²) in [5.74, 6) is -1.45. The second-order valence-electron chi connectivity index (χ2n) is 2.55. The number of benzene rings is 1. The Balaban J connectivity index is 3.56. The molecule has 0 bridgehead atoms. The molecule has 0 unspecified atom stereocenters. The van der Waals surface area contributed by atoms with E-state index in [4.69, 9.17) is 11.5 Å². The van der Waals surface area contributed by atoms with Crippen LogP contribution in [0.25, 0.3) is 0 Å². The highest BCUT2D eigenvalue weighted by molar-refractivity contribution is 9.10. The summed E-state index contributed by atoms with van der Waals surface area (Å²) >= 11 is 2.61. The maximum absolute atomic E-state index is 13.0. The van der Waals surface area contributed by atoms with E-state index < -0.39 is 23.2 Å². The predicted octanol–water partition coefficient (Wildman–Crippen LogP) is 2.77. The van der Waals surface area contributed by atoms with Crippen molar-refractivity contribution in [1.29, 1.82) is 0 Å². The number of anilines is 2. The van der Waals surface area contributed by atoms with Crippen LogP contribution in [0.4, 0.5) is 28.9 Å². The van der Waals surface area contributed by atoms with Crippen molar-refractivity contribution in [1.82, 2.24) is 0 Å². The normalized spacial score (nSPS) is 11.8. The maximum atomic E-state index is 13.0. The van der Waals surface area contributed by atoms with Gasteiger partial charge in [0.15, 0.2) is 5.82 Å². The van der Waals surface area contributed by atoms with E-state index in [9.17, 15) is 17.6 Å². The Hall–Kier alpha value is -0.980. The smallest absolute Gasteiger partial charge is 0.397 e. The summed E-state index contributed by atoms with van der Waals surface area (Å²) in [5, 5.41) is 0. The third-order valence-electron chi connectivity index (χ3n) is 1.58. The van der Waals surface area contributed by atoms with E-state index in [-0.39, 0.29) is 10.2 Å². The number of nitrogen functional groups attached to an aromatic ring is 2. The Morgan fingerprint density at radius 1 is 1.21 bits per heavy atom. The average Bonchev–Trinajstić information content (AvgIpc) is 1.98. The fraction of sp³-hybridized carbons (Fsp3) is 0.143. The molecule has 14 heavy (non-hydrogen) atoms. The minimum atomic E-state index is -4.86. The van der Waals surface area contributed by atoms with Gasteiger partial charge in [-0.05, 0) is 22.0 Å². The molecule has 1 aromatic carbocycles. The van der Waals surface area contributed by atoms with Gasteiger partial charge in [0.1, 0.15) is 5.56 Å². The first-order chi connectivity index (χ1) is 6.25. The number of alkyl halides is 3. The van der Waals surface area contributed by atoms with Crippen molar-refractivity contribution < 1.29 is 17.6 Å². The molecule has 0 aromatic heterocycles. The van der Waals surface area contributed by atoms with Gasteiger partial charge in [-0.1, -0.05) is 0 Å². The molecule has 2 nitrogen and oxygen atoms in total. The minimum Gasteiger partial charge on any atom is -0.397 e. The van der Waals surface area contributed by atoms with E-state index in [1.54, 1.807) is 0 Å². The van der Waals surface area contributed by atoms with Gasteiger partial charge in [0, 0.05) is 0 Å². The fourth-order valence-corrected chi connectivity index (χ4v) is 1.38. The molecule has 0 saturated heterocycles. The van der Waals surface area contributed by atoms with Crippen LogP contribution in [0.1, 0.15) is 5.56 Å². The Labute approximate surface area is 85.0 Å². The topological polar surface area (TPSA) is 52.0 Å². The zero-order valence-corrected chi connectivity index (χ0v) is 8.21. The van der Waals surface area contributed by atoms with E-state index in [0.29, 0.717) is 0 Å². The molecular weight excluding hydrogens is 268 g/mol. The molecule has 0 spiro atoms. The van der Waals surface area contributed by atoms with Crippen LogP contribution >= 0.6 is 15.9 Å². The molecule has 0 aliphatic carbocycles. The lowest BCUT2D eigenvalue weighted by molar-refractivity contribution is -0.139. The summed E-state index contributed by atoms with van der Waals surface area (Å²) in [6.07, 6.45) is -4.86. The van der Waals surface area contributed by atoms with Crippen molar-refractivity contribution in [2.24, 2.45) is 0 Å². The van der Waals surface area contributed by atoms with Crippen molar-refractivity contribution in [2.75, 3.05) is 11.5 Å². The second kappa shape index (κ2) is 3.30. The molecule has 0 aliphatic rings. The van der Waals surface area contributed by atoms with Crippen LogP contribution in [0.2, 0.25) is 0 Å². The van der Waals surface area contributed by atoms with Crippen LogP contribution < -0.4 is 11.5 Å². The van der Waals surface area contributed by atoms with Crippen molar-refractivity contribution in [3.8, 4) is 0 Å².